The van der Waals surface area contributed by atoms with E-state index >= 15 is 0 Å². The molecular formula is C7H12NO. The summed E-state index contributed by atoms with van der Waals surface area (Å²) in [6.45, 7) is 6.20. The zero-order valence-electron chi connectivity index (χ0n) is 6.14. The van der Waals surface area contributed by atoms with Crippen molar-refractivity contribution in [1.82, 2.24) is 0 Å². The van der Waals surface area contributed by atoms with Crippen LogP contribution in [0.2, 0.25) is 0 Å². The topological polar surface area (TPSA) is 21.6 Å². The molecule has 51 valence electrons. The van der Waals surface area contributed by atoms with Crippen LogP contribution >= 0.6 is 0 Å². The lowest BCUT2D eigenvalue weighted by molar-refractivity contribution is 0.156. The van der Waals surface area contributed by atoms with Crippen molar-refractivity contribution in [1.29, 1.82) is 0 Å². The van der Waals surface area contributed by atoms with Gasteiger partial charge in [-0.1, -0.05) is 0 Å². The fourth-order valence-electron chi connectivity index (χ4n) is 1.03. The van der Waals surface area contributed by atoms with E-state index in [0.29, 0.717) is 0 Å². The fourth-order valence-corrected chi connectivity index (χ4v) is 1.03. The predicted molar refractivity (Wildman–Crippen MR) is 36.7 cm³/mol. The Morgan fingerprint density at radius 1 is 1.67 bits per heavy atom. The Balaban J connectivity index is 2.60. The Kier molecular flexibility index (Phi) is 1.47. The van der Waals surface area contributed by atoms with Gasteiger partial charge in [-0.2, -0.15) is 0 Å². The zero-order chi connectivity index (χ0) is 6.91. The van der Waals surface area contributed by atoms with E-state index in [0.717, 1.165) is 6.42 Å². The molecule has 1 heterocycles. The molecule has 0 aromatic carbocycles. The van der Waals surface area contributed by atoms with Crippen LogP contribution in [0.5, 0.6) is 0 Å². The molecule has 0 aromatic rings. The molecule has 1 radical (unpaired) electrons. The van der Waals surface area contributed by atoms with Gasteiger partial charge in [0.2, 0.25) is 0 Å². The summed E-state index contributed by atoms with van der Waals surface area (Å²) in [4.78, 5) is 4.04. The monoisotopic (exact) mass is 126 g/mol. The smallest absolute Gasteiger partial charge is 0.273 e. The molecule has 0 fully saturated rings. The van der Waals surface area contributed by atoms with E-state index in [1.165, 1.54) is 0 Å². The van der Waals surface area contributed by atoms with Crippen molar-refractivity contribution in [3.8, 4) is 0 Å². The van der Waals surface area contributed by atoms with Gasteiger partial charge in [-0.3, -0.25) is 0 Å². The third kappa shape index (κ3) is 1.70. The molecule has 0 amide bonds. The fraction of sp³-hybridized carbons (Fsp3) is 0.857. The van der Waals surface area contributed by atoms with Crippen molar-refractivity contribution >= 4 is 6.40 Å². The Hall–Kier alpha value is -0.530. The molecule has 0 N–H and O–H groups in total. The molecule has 1 aliphatic rings. The largest absolute Gasteiger partial charge is 0.471 e. The van der Waals surface area contributed by atoms with Crippen LogP contribution in [0.4, 0.5) is 0 Å². The summed E-state index contributed by atoms with van der Waals surface area (Å²) < 4.78 is 5.00. The summed E-state index contributed by atoms with van der Waals surface area (Å²) in [5.74, 6) is 0. The van der Waals surface area contributed by atoms with Crippen molar-refractivity contribution in [2.45, 2.75) is 38.8 Å². The maximum absolute atomic E-state index is 5.00. The summed E-state index contributed by atoms with van der Waals surface area (Å²) in [6.07, 6.45) is 3.81. The van der Waals surface area contributed by atoms with Crippen LogP contribution in [0.3, 0.4) is 0 Å². The number of aliphatic imine (C=N–C) groups is 1. The van der Waals surface area contributed by atoms with Crippen LogP contribution in [0.15, 0.2) is 4.99 Å². The van der Waals surface area contributed by atoms with Gasteiger partial charge in [0.1, 0.15) is 6.10 Å². The predicted octanol–water partition coefficient (Wildman–Crippen LogP) is 1.48. The van der Waals surface area contributed by atoms with Crippen molar-refractivity contribution < 1.29 is 4.74 Å². The average Bonchev–Trinajstić information content (AvgIpc) is 1.60. The van der Waals surface area contributed by atoms with E-state index in [1.807, 2.05) is 6.92 Å². The first-order chi connectivity index (χ1) is 4.10. The van der Waals surface area contributed by atoms with Gasteiger partial charge in [-0.25, -0.2) is 4.99 Å². The summed E-state index contributed by atoms with van der Waals surface area (Å²) in [7, 11) is 0. The van der Waals surface area contributed by atoms with Crippen molar-refractivity contribution in [3.63, 3.8) is 0 Å². The molecule has 1 aliphatic heterocycles. The molecule has 2 heteroatoms. The van der Waals surface area contributed by atoms with Gasteiger partial charge in [-0.15, -0.1) is 0 Å². The first-order valence-electron chi connectivity index (χ1n) is 3.23. The molecule has 0 saturated carbocycles. The first-order valence-corrected chi connectivity index (χ1v) is 3.23. The number of hydrogen-bond donors (Lipinski definition) is 0. The third-order valence-corrected chi connectivity index (χ3v) is 1.39. The minimum absolute atomic E-state index is 0.0394. The molecule has 9 heavy (non-hydrogen) atoms. The summed E-state index contributed by atoms with van der Waals surface area (Å²) in [5, 5.41) is 0. The molecular weight excluding hydrogens is 114 g/mol. The van der Waals surface area contributed by atoms with Gasteiger partial charge in [0.15, 0.2) is 0 Å². The van der Waals surface area contributed by atoms with Crippen molar-refractivity contribution in [2.75, 3.05) is 0 Å². The molecule has 1 atom stereocenters. The minimum Gasteiger partial charge on any atom is -0.471 e. The minimum atomic E-state index is 0.0394. The number of ether oxygens (including phenoxy) is 1. The van der Waals surface area contributed by atoms with Gasteiger partial charge in [0, 0.05) is 6.42 Å². The molecule has 0 saturated heterocycles. The second-order valence-corrected chi connectivity index (χ2v) is 3.15. The van der Waals surface area contributed by atoms with Gasteiger partial charge >= 0.3 is 0 Å². The second kappa shape index (κ2) is 2.01. The zero-order valence-corrected chi connectivity index (χ0v) is 6.14. The lowest BCUT2D eigenvalue weighted by Gasteiger charge is -2.26. The Morgan fingerprint density at radius 2 is 2.33 bits per heavy atom. The molecule has 1 rings (SSSR count). The molecule has 1 unspecified atom stereocenters. The quantitative estimate of drug-likeness (QED) is 0.481. The highest BCUT2D eigenvalue weighted by atomic mass is 16.5. The number of hydrogen-bond acceptors (Lipinski definition) is 2. The average molecular weight is 126 g/mol. The maximum Gasteiger partial charge on any atom is 0.273 e. The van der Waals surface area contributed by atoms with Crippen molar-refractivity contribution in [3.05, 3.63) is 0 Å². The molecule has 0 bridgehead atoms. The van der Waals surface area contributed by atoms with Crippen LogP contribution in [-0.2, 0) is 4.74 Å². The number of nitrogens with zero attached hydrogens (tertiary/aromatic N) is 1. The van der Waals surface area contributed by atoms with E-state index < -0.39 is 0 Å². The van der Waals surface area contributed by atoms with Crippen LogP contribution in [0.25, 0.3) is 0 Å². The Morgan fingerprint density at radius 3 is 2.67 bits per heavy atom. The normalized spacial score (nSPS) is 31.7. The lowest BCUT2D eigenvalue weighted by Crippen LogP contribution is -2.29. The van der Waals surface area contributed by atoms with Gasteiger partial charge < -0.3 is 4.74 Å². The van der Waals surface area contributed by atoms with E-state index in [9.17, 15) is 0 Å². The molecule has 0 spiro atoms. The summed E-state index contributed by atoms with van der Waals surface area (Å²) >= 11 is 0. The van der Waals surface area contributed by atoms with Crippen LogP contribution in [-0.4, -0.2) is 18.0 Å². The maximum atomic E-state index is 5.00. The molecule has 0 aliphatic carbocycles. The highest BCUT2D eigenvalue weighted by molar-refractivity contribution is 5.48. The number of rotatable bonds is 0. The van der Waals surface area contributed by atoms with Crippen LogP contribution < -0.4 is 0 Å². The third-order valence-electron chi connectivity index (χ3n) is 1.39. The van der Waals surface area contributed by atoms with E-state index in [2.05, 4.69) is 25.2 Å². The molecule has 2 nitrogen and oxygen atoms in total. The highest BCUT2D eigenvalue weighted by Crippen LogP contribution is 2.20. The first kappa shape index (κ1) is 6.59. The van der Waals surface area contributed by atoms with Crippen LogP contribution in [0.1, 0.15) is 27.2 Å². The van der Waals surface area contributed by atoms with Crippen molar-refractivity contribution in [2.24, 2.45) is 4.99 Å². The Labute approximate surface area is 55.9 Å². The standard InChI is InChI=1S/C7H12NO/c1-6-4-7(2,3)8-5-9-6/h6H,4H2,1-3H3. The lowest BCUT2D eigenvalue weighted by atomic mass is 9.98. The summed E-state index contributed by atoms with van der Waals surface area (Å²) in [5.41, 5.74) is 0.0394. The van der Waals surface area contributed by atoms with Crippen LogP contribution in [0, 0.1) is 0 Å². The SMILES string of the molecule is CC1CC(C)(C)N=[C]O1. The second-order valence-electron chi connectivity index (χ2n) is 3.15. The molecule has 0 aromatic heterocycles. The van der Waals surface area contributed by atoms with E-state index in [4.69, 9.17) is 4.74 Å². The van der Waals surface area contributed by atoms with Gasteiger partial charge in [-0.05, 0) is 20.8 Å². The highest BCUT2D eigenvalue weighted by Gasteiger charge is 2.23. The Bertz CT molecular complexity index is 129. The summed E-state index contributed by atoms with van der Waals surface area (Å²) in [6, 6.07) is 0. The van der Waals surface area contributed by atoms with E-state index in [-0.39, 0.29) is 11.6 Å². The van der Waals surface area contributed by atoms with E-state index in [1.54, 1.807) is 0 Å². The van der Waals surface area contributed by atoms with Gasteiger partial charge in [0.05, 0.1) is 5.54 Å². The van der Waals surface area contributed by atoms with Gasteiger partial charge in [0.25, 0.3) is 6.40 Å².